The highest BCUT2D eigenvalue weighted by Gasteiger charge is 2.29. The van der Waals surface area contributed by atoms with Crippen LogP contribution in [0.5, 0.6) is 0 Å². The number of hydrogen-bond donors (Lipinski definition) is 1. The van der Waals surface area contributed by atoms with Crippen LogP contribution in [-0.2, 0) is 12.1 Å². The van der Waals surface area contributed by atoms with Crippen molar-refractivity contribution in [3.8, 4) is 0 Å². The molecule has 0 saturated heterocycles. The molecule has 2 aromatic heterocycles. The van der Waals surface area contributed by atoms with Crippen LogP contribution in [0.2, 0.25) is 0 Å². The summed E-state index contributed by atoms with van der Waals surface area (Å²) in [5, 5.41) is 16.4. The van der Waals surface area contributed by atoms with E-state index in [1.54, 1.807) is 17.5 Å². The zero-order valence-corrected chi connectivity index (χ0v) is 12.5. The Morgan fingerprint density at radius 2 is 2.15 bits per heavy atom. The summed E-state index contributed by atoms with van der Waals surface area (Å²) in [5.41, 5.74) is -0.145. The summed E-state index contributed by atoms with van der Waals surface area (Å²) in [5.74, 6) is 0. The van der Waals surface area contributed by atoms with Gasteiger partial charge < -0.3 is 5.11 Å². The molecule has 2 heterocycles. The average Bonchev–Trinajstić information content (AvgIpc) is 3.05. The number of thiophene rings is 1. The van der Waals surface area contributed by atoms with E-state index in [2.05, 4.69) is 30.2 Å². The van der Waals surface area contributed by atoms with Gasteiger partial charge in [-0.2, -0.15) is 5.10 Å². The third-order valence-corrected chi connectivity index (χ3v) is 4.88. The maximum absolute atomic E-state index is 10.9. The van der Waals surface area contributed by atoms with Crippen LogP contribution < -0.4 is 0 Å². The van der Waals surface area contributed by atoms with Gasteiger partial charge in [-0.1, -0.05) is 25.1 Å². The van der Waals surface area contributed by atoms with E-state index in [-0.39, 0.29) is 0 Å². The van der Waals surface area contributed by atoms with Crippen molar-refractivity contribution in [2.24, 2.45) is 0 Å². The minimum atomic E-state index is -0.990. The molecule has 0 aliphatic rings. The SMILES string of the molecule is CCCn1cc(C(C)(O)c2cc3ccccc3s2)cn1. The Morgan fingerprint density at radius 3 is 2.90 bits per heavy atom. The van der Waals surface area contributed by atoms with Crippen LogP contribution in [0.4, 0.5) is 0 Å². The van der Waals surface area contributed by atoms with Crippen LogP contribution in [0.15, 0.2) is 42.7 Å². The van der Waals surface area contributed by atoms with Gasteiger partial charge in [0.25, 0.3) is 0 Å². The van der Waals surface area contributed by atoms with Crippen molar-refractivity contribution >= 4 is 21.4 Å². The largest absolute Gasteiger partial charge is 0.380 e. The molecule has 1 N–H and O–H groups in total. The summed E-state index contributed by atoms with van der Waals surface area (Å²) >= 11 is 1.63. The van der Waals surface area contributed by atoms with E-state index < -0.39 is 5.60 Å². The Kier molecular flexibility index (Phi) is 3.36. The number of nitrogens with zero attached hydrogens (tertiary/aromatic N) is 2. The first-order valence-electron chi connectivity index (χ1n) is 6.85. The lowest BCUT2D eigenvalue weighted by atomic mass is 9.97. The minimum Gasteiger partial charge on any atom is -0.380 e. The van der Waals surface area contributed by atoms with Crippen LogP contribution in [0.1, 0.15) is 30.7 Å². The number of aliphatic hydroxyl groups is 1. The van der Waals surface area contributed by atoms with Gasteiger partial charge in [-0.25, -0.2) is 0 Å². The van der Waals surface area contributed by atoms with E-state index in [4.69, 9.17) is 0 Å². The van der Waals surface area contributed by atoms with E-state index in [1.165, 1.54) is 10.1 Å². The second kappa shape index (κ2) is 5.04. The Balaban J connectivity index is 2.00. The predicted octanol–water partition coefficient (Wildman–Crippen LogP) is 3.76. The lowest BCUT2D eigenvalue weighted by Crippen LogP contribution is -2.20. The third kappa shape index (κ3) is 2.25. The molecule has 3 aromatic rings. The molecule has 0 bridgehead atoms. The molecule has 0 radical (unpaired) electrons. The lowest BCUT2D eigenvalue weighted by Gasteiger charge is -2.19. The quantitative estimate of drug-likeness (QED) is 0.793. The Hall–Kier alpha value is -1.65. The van der Waals surface area contributed by atoms with Gasteiger partial charge in [0, 0.05) is 27.9 Å². The molecule has 4 heteroatoms. The van der Waals surface area contributed by atoms with E-state index in [0.29, 0.717) is 0 Å². The van der Waals surface area contributed by atoms with E-state index in [1.807, 2.05) is 29.9 Å². The maximum atomic E-state index is 10.9. The molecule has 20 heavy (non-hydrogen) atoms. The first kappa shape index (κ1) is 13.3. The van der Waals surface area contributed by atoms with Crippen LogP contribution in [0.3, 0.4) is 0 Å². The number of benzene rings is 1. The van der Waals surface area contributed by atoms with E-state index in [9.17, 15) is 5.11 Å². The Bertz CT molecular complexity index is 694. The highest BCUT2D eigenvalue weighted by atomic mass is 32.1. The topological polar surface area (TPSA) is 38.0 Å². The van der Waals surface area contributed by atoms with Gasteiger partial charge >= 0.3 is 0 Å². The van der Waals surface area contributed by atoms with Crippen molar-refractivity contribution in [2.45, 2.75) is 32.4 Å². The second-order valence-electron chi connectivity index (χ2n) is 5.21. The molecule has 1 aromatic carbocycles. The normalized spacial score (nSPS) is 14.6. The van der Waals surface area contributed by atoms with Crippen LogP contribution in [0.25, 0.3) is 10.1 Å². The monoisotopic (exact) mass is 286 g/mol. The van der Waals surface area contributed by atoms with Crippen molar-refractivity contribution in [3.63, 3.8) is 0 Å². The molecule has 1 atom stereocenters. The number of rotatable bonds is 4. The standard InChI is InChI=1S/C16H18N2OS/c1-3-8-18-11-13(10-17-18)16(2,19)15-9-12-6-4-5-7-14(12)20-15/h4-7,9-11,19H,3,8H2,1-2H3. The van der Waals surface area contributed by atoms with Gasteiger partial charge in [-0.05, 0) is 30.9 Å². The molecular formula is C16H18N2OS. The van der Waals surface area contributed by atoms with Gasteiger partial charge in [0.15, 0.2) is 0 Å². The molecule has 3 nitrogen and oxygen atoms in total. The third-order valence-electron chi connectivity index (χ3n) is 3.55. The summed E-state index contributed by atoms with van der Waals surface area (Å²) in [6.07, 6.45) is 4.74. The highest BCUT2D eigenvalue weighted by Crippen LogP contribution is 2.37. The summed E-state index contributed by atoms with van der Waals surface area (Å²) in [6.45, 7) is 4.83. The van der Waals surface area contributed by atoms with Crippen molar-refractivity contribution in [1.29, 1.82) is 0 Å². The molecule has 104 valence electrons. The van der Waals surface area contributed by atoms with Gasteiger partial charge in [0.2, 0.25) is 0 Å². The molecule has 0 spiro atoms. The van der Waals surface area contributed by atoms with Crippen molar-refractivity contribution in [2.75, 3.05) is 0 Å². The average molecular weight is 286 g/mol. The number of aromatic nitrogens is 2. The first-order valence-corrected chi connectivity index (χ1v) is 7.67. The van der Waals surface area contributed by atoms with Gasteiger partial charge in [0.05, 0.1) is 6.20 Å². The number of aryl methyl sites for hydroxylation is 1. The van der Waals surface area contributed by atoms with Crippen molar-refractivity contribution in [3.05, 3.63) is 53.2 Å². The molecule has 3 rings (SSSR count). The second-order valence-corrected chi connectivity index (χ2v) is 6.30. The van der Waals surface area contributed by atoms with Crippen molar-refractivity contribution < 1.29 is 5.11 Å². The summed E-state index contributed by atoms with van der Waals surface area (Å²) in [6, 6.07) is 10.3. The van der Waals surface area contributed by atoms with Gasteiger partial charge in [0.1, 0.15) is 5.60 Å². The van der Waals surface area contributed by atoms with E-state index >= 15 is 0 Å². The lowest BCUT2D eigenvalue weighted by molar-refractivity contribution is 0.106. The maximum Gasteiger partial charge on any atom is 0.124 e. The highest BCUT2D eigenvalue weighted by molar-refractivity contribution is 7.19. The minimum absolute atomic E-state index is 0.845. The van der Waals surface area contributed by atoms with Gasteiger partial charge in [-0.3, -0.25) is 4.68 Å². The van der Waals surface area contributed by atoms with Crippen LogP contribution in [0, 0.1) is 0 Å². The molecule has 0 saturated carbocycles. The first-order chi connectivity index (χ1) is 9.61. The summed E-state index contributed by atoms with van der Waals surface area (Å²) in [4.78, 5) is 0.953. The van der Waals surface area contributed by atoms with Gasteiger partial charge in [-0.15, -0.1) is 11.3 Å². The molecule has 0 aliphatic heterocycles. The Labute approximate surface area is 122 Å². The van der Waals surface area contributed by atoms with Crippen LogP contribution >= 0.6 is 11.3 Å². The molecule has 0 amide bonds. The summed E-state index contributed by atoms with van der Waals surface area (Å²) in [7, 11) is 0. The number of hydrogen-bond acceptors (Lipinski definition) is 3. The fourth-order valence-electron chi connectivity index (χ4n) is 2.33. The molecular weight excluding hydrogens is 268 g/mol. The smallest absolute Gasteiger partial charge is 0.124 e. The molecule has 0 aliphatic carbocycles. The van der Waals surface area contributed by atoms with Crippen molar-refractivity contribution in [1.82, 2.24) is 9.78 Å². The molecule has 1 unspecified atom stereocenters. The number of fused-ring (bicyclic) bond motifs is 1. The predicted molar refractivity (Wildman–Crippen MR) is 83.0 cm³/mol. The fourth-order valence-corrected chi connectivity index (χ4v) is 3.46. The zero-order valence-electron chi connectivity index (χ0n) is 11.7. The molecule has 0 fully saturated rings. The summed E-state index contributed by atoms with van der Waals surface area (Å²) < 4.78 is 3.08. The zero-order chi connectivity index (χ0) is 14.2. The Morgan fingerprint density at radius 1 is 1.35 bits per heavy atom. The van der Waals surface area contributed by atoms with E-state index in [0.717, 1.165) is 23.4 Å². The fraction of sp³-hybridized carbons (Fsp3) is 0.312. The van der Waals surface area contributed by atoms with Crippen LogP contribution in [-0.4, -0.2) is 14.9 Å².